The van der Waals surface area contributed by atoms with Crippen molar-refractivity contribution in [2.24, 2.45) is 0 Å². The second-order valence-corrected chi connectivity index (χ2v) is 9.94. The highest BCUT2D eigenvalue weighted by molar-refractivity contribution is 6.06. The minimum absolute atomic E-state index is 0.137. The Morgan fingerprint density at radius 2 is 1.15 bits per heavy atom. The summed E-state index contributed by atoms with van der Waals surface area (Å²) in [4.78, 5) is 25.0. The topological polar surface area (TPSA) is 61.8 Å². The predicted molar refractivity (Wildman–Crippen MR) is 162 cm³/mol. The van der Waals surface area contributed by atoms with Crippen LogP contribution in [0.1, 0.15) is 97.4 Å². The molecule has 0 heterocycles. The molecule has 0 atom stereocenters. The van der Waals surface area contributed by atoms with Crippen LogP contribution in [0.4, 0.5) is 0 Å². The maximum atomic E-state index is 12.6. The number of esters is 1. The molecule has 0 bridgehead atoms. The molecular formula is C35H42O5. The maximum absolute atomic E-state index is 12.6. The molecule has 0 N–H and O–H groups in total. The number of carbonyl (C=O) groups is 2. The number of allylic oxidation sites excluding steroid dienone is 1. The standard InChI is InChI=1S/C35H42O5/c1-3-4-5-6-7-8-9-10-11-12-27-39-32-22-18-30(19-23-32)35(37)40-33-24-16-29(17-25-33)34(36)26-15-28-13-20-31(38-2)21-14-28/h13-26H,3-12,27H2,1-2H3/b26-15+. The van der Waals surface area contributed by atoms with E-state index in [1.807, 2.05) is 24.3 Å². The summed E-state index contributed by atoms with van der Waals surface area (Å²) in [7, 11) is 1.61. The van der Waals surface area contributed by atoms with Gasteiger partial charge in [-0.25, -0.2) is 4.79 Å². The SMILES string of the molecule is CCCCCCCCCCCCOc1ccc(C(=O)Oc2ccc(C(=O)/C=C/c3ccc(OC)cc3)cc2)cc1. The van der Waals surface area contributed by atoms with Crippen molar-refractivity contribution >= 4 is 17.8 Å². The molecule has 3 aromatic carbocycles. The van der Waals surface area contributed by atoms with E-state index in [-0.39, 0.29) is 5.78 Å². The van der Waals surface area contributed by atoms with E-state index in [0.717, 1.165) is 23.5 Å². The summed E-state index contributed by atoms with van der Waals surface area (Å²) in [5, 5.41) is 0. The van der Waals surface area contributed by atoms with E-state index in [1.165, 1.54) is 63.9 Å². The smallest absolute Gasteiger partial charge is 0.343 e. The zero-order valence-corrected chi connectivity index (χ0v) is 23.9. The van der Waals surface area contributed by atoms with Crippen LogP contribution in [0.3, 0.4) is 0 Å². The van der Waals surface area contributed by atoms with E-state index in [9.17, 15) is 9.59 Å². The molecule has 0 radical (unpaired) electrons. The van der Waals surface area contributed by atoms with Gasteiger partial charge in [0.2, 0.25) is 0 Å². The van der Waals surface area contributed by atoms with Crippen molar-refractivity contribution in [3.05, 3.63) is 95.6 Å². The van der Waals surface area contributed by atoms with Gasteiger partial charge in [-0.3, -0.25) is 4.79 Å². The Kier molecular flexibility index (Phi) is 13.6. The van der Waals surface area contributed by atoms with Crippen LogP contribution < -0.4 is 14.2 Å². The van der Waals surface area contributed by atoms with Crippen molar-refractivity contribution in [2.45, 2.75) is 71.1 Å². The van der Waals surface area contributed by atoms with Crippen LogP contribution in [0.15, 0.2) is 78.9 Å². The monoisotopic (exact) mass is 542 g/mol. The van der Waals surface area contributed by atoms with Crippen molar-refractivity contribution in [1.29, 1.82) is 0 Å². The molecule has 0 spiro atoms. The number of carbonyl (C=O) groups excluding carboxylic acids is 2. The van der Waals surface area contributed by atoms with Crippen LogP contribution in [0.5, 0.6) is 17.2 Å². The van der Waals surface area contributed by atoms with Gasteiger partial charge in [0.05, 0.1) is 19.3 Å². The molecule has 0 saturated heterocycles. The van der Waals surface area contributed by atoms with Gasteiger partial charge in [-0.2, -0.15) is 0 Å². The molecule has 5 nitrogen and oxygen atoms in total. The Hall–Kier alpha value is -3.86. The number of ether oxygens (including phenoxy) is 3. The van der Waals surface area contributed by atoms with Gasteiger partial charge in [-0.1, -0.05) is 82.9 Å². The third-order valence-electron chi connectivity index (χ3n) is 6.75. The van der Waals surface area contributed by atoms with Crippen molar-refractivity contribution in [2.75, 3.05) is 13.7 Å². The summed E-state index contributed by atoms with van der Waals surface area (Å²) in [6, 6.07) is 21.0. The second-order valence-electron chi connectivity index (χ2n) is 9.94. The van der Waals surface area contributed by atoms with E-state index in [0.29, 0.717) is 23.5 Å². The highest BCUT2D eigenvalue weighted by Gasteiger charge is 2.10. The van der Waals surface area contributed by atoms with E-state index in [2.05, 4.69) is 6.92 Å². The third-order valence-corrected chi connectivity index (χ3v) is 6.75. The van der Waals surface area contributed by atoms with Crippen LogP contribution in [0.2, 0.25) is 0 Å². The van der Waals surface area contributed by atoms with Gasteiger partial charge in [0.1, 0.15) is 17.2 Å². The molecule has 5 heteroatoms. The van der Waals surface area contributed by atoms with Gasteiger partial charge in [0.15, 0.2) is 5.78 Å². The number of hydrogen-bond acceptors (Lipinski definition) is 5. The lowest BCUT2D eigenvalue weighted by Crippen LogP contribution is -2.08. The fourth-order valence-corrected chi connectivity index (χ4v) is 4.30. The minimum atomic E-state index is -0.459. The van der Waals surface area contributed by atoms with Gasteiger partial charge in [-0.05, 0) is 78.7 Å². The molecule has 0 aliphatic carbocycles. The Bertz CT molecular complexity index is 1180. The molecule has 0 aromatic heterocycles. The number of benzene rings is 3. The molecule has 0 aliphatic heterocycles. The predicted octanol–water partition coefficient (Wildman–Crippen LogP) is 9.11. The molecule has 0 amide bonds. The third kappa shape index (κ3) is 11.1. The van der Waals surface area contributed by atoms with E-state index in [4.69, 9.17) is 14.2 Å². The van der Waals surface area contributed by atoms with E-state index < -0.39 is 5.97 Å². The molecule has 3 aromatic rings. The van der Waals surface area contributed by atoms with Crippen molar-refractivity contribution < 1.29 is 23.8 Å². The summed E-state index contributed by atoms with van der Waals surface area (Å²) in [6.07, 6.45) is 16.2. The minimum Gasteiger partial charge on any atom is -0.497 e. The number of rotatable bonds is 18. The molecule has 0 unspecified atom stereocenters. The number of hydrogen-bond donors (Lipinski definition) is 0. The fourth-order valence-electron chi connectivity index (χ4n) is 4.30. The highest BCUT2D eigenvalue weighted by atomic mass is 16.5. The van der Waals surface area contributed by atoms with Gasteiger partial charge >= 0.3 is 5.97 Å². The van der Waals surface area contributed by atoms with Crippen LogP contribution >= 0.6 is 0 Å². The van der Waals surface area contributed by atoms with Crippen LogP contribution in [-0.4, -0.2) is 25.5 Å². The molecular weight excluding hydrogens is 500 g/mol. The van der Waals surface area contributed by atoms with E-state index in [1.54, 1.807) is 61.7 Å². The Morgan fingerprint density at radius 3 is 1.75 bits per heavy atom. The summed E-state index contributed by atoms with van der Waals surface area (Å²) in [5.41, 5.74) is 1.84. The summed E-state index contributed by atoms with van der Waals surface area (Å²) in [6.45, 7) is 2.93. The quantitative estimate of drug-likeness (QED) is 0.0527. The highest BCUT2D eigenvalue weighted by Crippen LogP contribution is 2.19. The van der Waals surface area contributed by atoms with Crippen molar-refractivity contribution in [3.63, 3.8) is 0 Å². The molecule has 40 heavy (non-hydrogen) atoms. The Labute approximate surface area is 239 Å². The van der Waals surface area contributed by atoms with Gasteiger partial charge in [0, 0.05) is 5.56 Å². The Balaban J connectivity index is 1.35. The zero-order valence-electron chi connectivity index (χ0n) is 23.9. The summed E-state index contributed by atoms with van der Waals surface area (Å²) < 4.78 is 16.5. The molecule has 3 rings (SSSR count). The normalized spacial score (nSPS) is 10.9. The fraction of sp³-hybridized carbons (Fsp3) is 0.371. The number of unbranched alkanes of at least 4 members (excludes halogenated alkanes) is 9. The lowest BCUT2D eigenvalue weighted by atomic mass is 10.1. The first kappa shape index (κ1) is 30.7. The van der Waals surface area contributed by atoms with Gasteiger partial charge in [0.25, 0.3) is 0 Å². The summed E-state index contributed by atoms with van der Waals surface area (Å²) in [5.74, 6) is 1.29. The molecule has 0 fully saturated rings. The molecule has 0 aliphatic rings. The summed E-state index contributed by atoms with van der Waals surface area (Å²) >= 11 is 0. The second kappa shape index (κ2) is 17.7. The van der Waals surface area contributed by atoms with Crippen LogP contribution in [0.25, 0.3) is 6.08 Å². The zero-order chi connectivity index (χ0) is 28.4. The average Bonchev–Trinajstić information content (AvgIpc) is 2.99. The van der Waals surface area contributed by atoms with Crippen LogP contribution in [0, 0.1) is 0 Å². The number of ketones is 1. The average molecular weight is 543 g/mol. The Morgan fingerprint density at radius 1 is 0.625 bits per heavy atom. The van der Waals surface area contributed by atoms with Crippen molar-refractivity contribution in [1.82, 2.24) is 0 Å². The molecule has 0 saturated carbocycles. The van der Waals surface area contributed by atoms with Crippen LogP contribution in [-0.2, 0) is 0 Å². The first-order valence-electron chi connectivity index (χ1n) is 14.5. The first-order valence-corrected chi connectivity index (χ1v) is 14.5. The lowest BCUT2D eigenvalue weighted by molar-refractivity contribution is 0.0734. The van der Waals surface area contributed by atoms with Crippen molar-refractivity contribution in [3.8, 4) is 17.2 Å². The largest absolute Gasteiger partial charge is 0.497 e. The maximum Gasteiger partial charge on any atom is 0.343 e. The van der Waals surface area contributed by atoms with Gasteiger partial charge < -0.3 is 14.2 Å². The first-order chi connectivity index (χ1) is 19.6. The number of methoxy groups -OCH3 is 1. The van der Waals surface area contributed by atoms with Gasteiger partial charge in [-0.15, -0.1) is 0 Å². The lowest BCUT2D eigenvalue weighted by Gasteiger charge is -2.08. The molecule has 212 valence electrons. The van der Waals surface area contributed by atoms with E-state index >= 15 is 0 Å².